The van der Waals surface area contributed by atoms with Crippen molar-refractivity contribution in [1.29, 1.82) is 0 Å². The van der Waals surface area contributed by atoms with Crippen LogP contribution in [0.5, 0.6) is 0 Å². The Morgan fingerprint density at radius 1 is 1.03 bits per heavy atom. The number of amides is 3. The van der Waals surface area contributed by atoms with Crippen molar-refractivity contribution in [3.8, 4) is 0 Å². The molecule has 1 aliphatic carbocycles. The van der Waals surface area contributed by atoms with E-state index in [1.165, 1.54) is 12.1 Å². The van der Waals surface area contributed by atoms with Crippen molar-refractivity contribution in [1.82, 2.24) is 15.5 Å². The first kappa shape index (κ1) is 21.0. The van der Waals surface area contributed by atoms with E-state index in [1.54, 1.807) is 41.3 Å². The summed E-state index contributed by atoms with van der Waals surface area (Å²) < 4.78 is 23.0. The molecule has 1 aliphatic heterocycles. The second-order valence-corrected chi connectivity index (χ2v) is 9.86. The predicted octanol–water partition coefficient (Wildman–Crippen LogP) is 1.18. The quantitative estimate of drug-likeness (QED) is 0.670. The summed E-state index contributed by atoms with van der Waals surface area (Å²) in [5.74, 6) is -0.894. The molecule has 3 amide bonds. The Kier molecular flexibility index (Phi) is 5.53. The summed E-state index contributed by atoms with van der Waals surface area (Å²) in [7, 11) is -3.27. The Bertz CT molecular complexity index is 1140. The number of fused-ring (bicyclic) bond motifs is 1. The van der Waals surface area contributed by atoms with Gasteiger partial charge in [-0.2, -0.15) is 0 Å². The third-order valence-corrected chi connectivity index (χ3v) is 6.58. The lowest BCUT2D eigenvalue weighted by Gasteiger charge is -2.24. The lowest BCUT2D eigenvalue weighted by Crippen LogP contribution is -2.43. The summed E-state index contributed by atoms with van der Waals surface area (Å²) >= 11 is 0. The van der Waals surface area contributed by atoms with Crippen LogP contribution in [0.4, 0.5) is 0 Å². The molecule has 9 heteroatoms. The maximum absolute atomic E-state index is 12.9. The summed E-state index contributed by atoms with van der Waals surface area (Å²) in [5, 5.41) is 5.33. The Morgan fingerprint density at radius 2 is 1.71 bits per heavy atom. The average molecular weight is 442 g/mol. The van der Waals surface area contributed by atoms with Crippen LogP contribution in [-0.4, -0.2) is 49.9 Å². The first-order valence-electron chi connectivity index (χ1n) is 10.0. The molecule has 2 aliphatic rings. The predicted molar refractivity (Wildman–Crippen MR) is 113 cm³/mol. The van der Waals surface area contributed by atoms with Crippen LogP contribution in [0.15, 0.2) is 53.4 Å². The second-order valence-electron chi connectivity index (χ2n) is 7.84. The molecule has 4 rings (SSSR count). The summed E-state index contributed by atoms with van der Waals surface area (Å²) in [5.41, 5.74) is 1.95. The van der Waals surface area contributed by atoms with Crippen molar-refractivity contribution < 1.29 is 22.8 Å². The van der Waals surface area contributed by atoms with E-state index < -0.39 is 15.9 Å². The summed E-state index contributed by atoms with van der Waals surface area (Å²) in [6.07, 6.45) is 2.89. The molecule has 0 aromatic heterocycles. The van der Waals surface area contributed by atoms with Crippen LogP contribution in [-0.2, 0) is 26.0 Å². The number of carbonyl (C=O) groups is 3. The van der Waals surface area contributed by atoms with Gasteiger partial charge in [0, 0.05) is 24.4 Å². The molecule has 1 heterocycles. The van der Waals surface area contributed by atoms with Crippen molar-refractivity contribution >= 4 is 27.6 Å². The molecule has 162 valence electrons. The summed E-state index contributed by atoms with van der Waals surface area (Å²) in [6, 6.07) is 12.7. The Balaban J connectivity index is 1.34. The zero-order chi connectivity index (χ0) is 22.2. The summed E-state index contributed by atoms with van der Waals surface area (Å²) in [4.78, 5) is 39.6. The maximum Gasteiger partial charge on any atom is 0.255 e. The van der Waals surface area contributed by atoms with E-state index in [9.17, 15) is 22.8 Å². The van der Waals surface area contributed by atoms with E-state index in [2.05, 4.69) is 10.6 Å². The molecule has 2 aromatic rings. The molecule has 1 atom stereocenters. The molecule has 1 fully saturated rings. The highest BCUT2D eigenvalue weighted by Crippen LogP contribution is 2.41. The van der Waals surface area contributed by atoms with Gasteiger partial charge in [-0.25, -0.2) is 8.42 Å². The Morgan fingerprint density at radius 3 is 2.35 bits per heavy atom. The lowest BCUT2D eigenvalue weighted by atomic mass is 10.0. The van der Waals surface area contributed by atoms with E-state index in [0.717, 1.165) is 24.7 Å². The van der Waals surface area contributed by atoms with E-state index in [4.69, 9.17) is 0 Å². The van der Waals surface area contributed by atoms with Gasteiger partial charge in [-0.05, 0) is 42.2 Å². The number of benzene rings is 2. The van der Waals surface area contributed by atoms with Gasteiger partial charge >= 0.3 is 0 Å². The van der Waals surface area contributed by atoms with Crippen LogP contribution < -0.4 is 10.6 Å². The lowest BCUT2D eigenvalue weighted by molar-refractivity contribution is -0.129. The van der Waals surface area contributed by atoms with Crippen LogP contribution in [0.2, 0.25) is 0 Å². The van der Waals surface area contributed by atoms with E-state index in [1.807, 2.05) is 0 Å². The molecule has 0 radical (unpaired) electrons. The molecule has 0 bridgehead atoms. The van der Waals surface area contributed by atoms with Crippen molar-refractivity contribution in [2.75, 3.05) is 12.8 Å². The smallest absolute Gasteiger partial charge is 0.255 e. The molecule has 0 spiro atoms. The van der Waals surface area contributed by atoms with Gasteiger partial charge in [-0.3, -0.25) is 14.4 Å². The Hall–Kier alpha value is -3.20. The molecule has 1 saturated carbocycles. The topological polar surface area (TPSA) is 113 Å². The number of hydrogen-bond donors (Lipinski definition) is 2. The molecule has 31 heavy (non-hydrogen) atoms. The van der Waals surface area contributed by atoms with Gasteiger partial charge in [0.05, 0.1) is 11.4 Å². The molecular formula is C22H23N3O5S. The highest BCUT2D eigenvalue weighted by Gasteiger charge is 2.47. The van der Waals surface area contributed by atoms with Crippen LogP contribution in [0.3, 0.4) is 0 Å². The zero-order valence-corrected chi connectivity index (χ0v) is 17.8. The normalized spacial score (nSPS) is 17.9. The standard InChI is InChI=1S/C22H23N3O5S/c1-31(29,30)16-10-6-14(7-11-16)12-23-19(26)13-24-21(27)20-17-4-2-3-5-18(17)22(28)25(20)15-8-9-15/h2-7,10-11,15,20H,8-9,12-13H2,1H3,(H,23,26)(H,24,27). The van der Waals surface area contributed by atoms with Crippen molar-refractivity contribution in [2.24, 2.45) is 0 Å². The summed E-state index contributed by atoms with van der Waals surface area (Å²) in [6.45, 7) is -0.0106. The maximum atomic E-state index is 12.9. The van der Waals surface area contributed by atoms with Crippen molar-refractivity contribution in [2.45, 2.75) is 36.4 Å². The SMILES string of the molecule is CS(=O)(=O)c1ccc(CNC(=O)CNC(=O)C2c3ccccc3C(=O)N2C2CC2)cc1. The molecule has 2 aromatic carbocycles. The van der Waals surface area contributed by atoms with Crippen LogP contribution >= 0.6 is 0 Å². The van der Waals surface area contributed by atoms with Gasteiger partial charge in [-0.1, -0.05) is 30.3 Å². The minimum atomic E-state index is -3.27. The van der Waals surface area contributed by atoms with Gasteiger partial charge < -0.3 is 15.5 Å². The fourth-order valence-electron chi connectivity index (χ4n) is 3.72. The van der Waals surface area contributed by atoms with E-state index >= 15 is 0 Å². The van der Waals surface area contributed by atoms with Gasteiger partial charge in [0.1, 0.15) is 6.04 Å². The Labute approximate surface area is 180 Å². The van der Waals surface area contributed by atoms with Crippen LogP contribution in [0.1, 0.15) is 40.4 Å². The second kappa shape index (κ2) is 8.14. The molecule has 8 nitrogen and oxygen atoms in total. The van der Waals surface area contributed by atoms with E-state index in [-0.39, 0.29) is 41.7 Å². The van der Waals surface area contributed by atoms with Gasteiger partial charge in [-0.15, -0.1) is 0 Å². The molecule has 1 unspecified atom stereocenters. The fraction of sp³-hybridized carbons (Fsp3) is 0.318. The van der Waals surface area contributed by atoms with Crippen LogP contribution in [0, 0.1) is 0 Å². The highest BCUT2D eigenvalue weighted by molar-refractivity contribution is 7.90. The molecule has 0 saturated heterocycles. The minimum Gasteiger partial charge on any atom is -0.350 e. The number of nitrogens with one attached hydrogen (secondary N) is 2. The number of nitrogens with zero attached hydrogens (tertiary/aromatic N) is 1. The minimum absolute atomic E-state index is 0.0689. The number of sulfone groups is 1. The molecular weight excluding hydrogens is 418 g/mol. The van der Waals surface area contributed by atoms with Crippen LogP contribution in [0.25, 0.3) is 0 Å². The van der Waals surface area contributed by atoms with Crippen molar-refractivity contribution in [3.05, 3.63) is 65.2 Å². The number of hydrogen-bond acceptors (Lipinski definition) is 5. The molecule has 2 N–H and O–H groups in total. The van der Waals surface area contributed by atoms with Gasteiger partial charge in [0.25, 0.3) is 5.91 Å². The number of rotatable bonds is 7. The first-order valence-corrected chi connectivity index (χ1v) is 11.9. The first-order chi connectivity index (χ1) is 14.8. The van der Waals surface area contributed by atoms with E-state index in [0.29, 0.717) is 11.1 Å². The monoisotopic (exact) mass is 441 g/mol. The number of carbonyl (C=O) groups excluding carboxylic acids is 3. The van der Waals surface area contributed by atoms with Crippen molar-refractivity contribution in [3.63, 3.8) is 0 Å². The zero-order valence-electron chi connectivity index (χ0n) is 17.0. The fourth-order valence-corrected chi connectivity index (χ4v) is 4.35. The third-order valence-electron chi connectivity index (χ3n) is 5.45. The average Bonchev–Trinajstić information content (AvgIpc) is 3.54. The van der Waals surface area contributed by atoms with Gasteiger partial charge in [0.2, 0.25) is 11.8 Å². The third kappa shape index (κ3) is 4.46. The highest BCUT2D eigenvalue weighted by atomic mass is 32.2. The largest absolute Gasteiger partial charge is 0.350 e. The van der Waals surface area contributed by atoms with Gasteiger partial charge in [0.15, 0.2) is 9.84 Å².